The Morgan fingerprint density at radius 1 is 1.05 bits per heavy atom. The summed E-state index contributed by atoms with van der Waals surface area (Å²) in [7, 11) is 1.36. The van der Waals surface area contributed by atoms with Crippen LogP contribution >= 0.6 is 0 Å². The molecule has 1 atom stereocenters. The van der Waals surface area contributed by atoms with Crippen LogP contribution in [0.3, 0.4) is 0 Å². The highest BCUT2D eigenvalue weighted by molar-refractivity contribution is 5.91. The van der Waals surface area contributed by atoms with Gasteiger partial charge in [0.25, 0.3) is 0 Å². The van der Waals surface area contributed by atoms with Gasteiger partial charge in [-0.3, -0.25) is 4.99 Å². The molecule has 0 N–H and O–H groups in total. The average molecular weight is 293 g/mol. The SMILES string of the molecule is COC(=O)C=Cc1ccccc1C=N[C@H](C)c1ccccc1. The second-order valence-electron chi connectivity index (χ2n) is 4.85. The first-order valence-corrected chi connectivity index (χ1v) is 7.14. The molecule has 2 rings (SSSR count). The van der Waals surface area contributed by atoms with E-state index in [0.29, 0.717) is 0 Å². The van der Waals surface area contributed by atoms with E-state index < -0.39 is 0 Å². The fourth-order valence-corrected chi connectivity index (χ4v) is 2.02. The van der Waals surface area contributed by atoms with Crippen molar-refractivity contribution in [2.45, 2.75) is 13.0 Å². The van der Waals surface area contributed by atoms with Gasteiger partial charge in [-0.1, -0.05) is 54.6 Å². The van der Waals surface area contributed by atoms with Crippen molar-refractivity contribution in [3.63, 3.8) is 0 Å². The fraction of sp³-hybridized carbons (Fsp3) is 0.158. The van der Waals surface area contributed by atoms with E-state index in [1.165, 1.54) is 18.7 Å². The van der Waals surface area contributed by atoms with Gasteiger partial charge in [-0.25, -0.2) is 4.79 Å². The van der Waals surface area contributed by atoms with Gasteiger partial charge in [0.1, 0.15) is 0 Å². The van der Waals surface area contributed by atoms with E-state index in [1.807, 2.05) is 48.7 Å². The molecule has 0 saturated carbocycles. The lowest BCUT2D eigenvalue weighted by Gasteiger charge is -2.06. The van der Waals surface area contributed by atoms with Crippen molar-refractivity contribution in [1.29, 1.82) is 0 Å². The molecule has 0 bridgehead atoms. The summed E-state index contributed by atoms with van der Waals surface area (Å²) in [5, 5.41) is 0. The van der Waals surface area contributed by atoms with Crippen LogP contribution in [0.15, 0.2) is 65.7 Å². The third-order valence-corrected chi connectivity index (χ3v) is 3.32. The topological polar surface area (TPSA) is 38.7 Å². The number of hydrogen-bond donors (Lipinski definition) is 0. The Kier molecular flexibility index (Phi) is 5.66. The number of hydrogen-bond acceptors (Lipinski definition) is 3. The van der Waals surface area contributed by atoms with E-state index >= 15 is 0 Å². The maximum atomic E-state index is 11.2. The maximum Gasteiger partial charge on any atom is 0.330 e. The molecule has 2 aromatic carbocycles. The Bertz CT molecular complexity index is 675. The zero-order valence-electron chi connectivity index (χ0n) is 12.8. The van der Waals surface area contributed by atoms with Gasteiger partial charge in [0.15, 0.2) is 0 Å². The number of aliphatic imine (C=N–C) groups is 1. The Labute approximate surface area is 131 Å². The van der Waals surface area contributed by atoms with Gasteiger partial charge in [0.05, 0.1) is 13.2 Å². The fourth-order valence-electron chi connectivity index (χ4n) is 2.02. The van der Waals surface area contributed by atoms with Crippen molar-refractivity contribution in [3.05, 3.63) is 77.4 Å². The second-order valence-corrected chi connectivity index (χ2v) is 4.85. The molecule has 0 radical (unpaired) electrons. The van der Waals surface area contributed by atoms with Crippen LogP contribution in [0.5, 0.6) is 0 Å². The first kappa shape index (κ1) is 15.7. The second kappa shape index (κ2) is 7.93. The van der Waals surface area contributed by atoms with E-state index in [1.54, 1.807) is 6.08 Å². The summed E-state index contributed by atoms with van der Waals surface area (Å²) in [5.41, 5.74) is 3.06. The molecule has 0 fully saturated rings. The predicted octanol–water partition coefficient (Wildman–Crippen LogP) is 4.05. The molecule has 3 heteroatoms. The van der Waals surface area contributed by atoms with Gasteiger partial charge in [-0.2, -0.15) is 0 Å². The van der Waals surface area contributed by atoms with Gasteiger partial charge in [-0.05, 0) is 29.7 Å². The number of carbonyl (C=O) groups is 1. The van der Waals surface area contributed by atoms with Crippen LogP contribution in [-0.4, -0.2) is 19.3 Å². The molecule has 0 spiro atoms. The summed E-state index contributed by atoms with van der Waals surface area (Å²) in [6.07, 6.45) is 4.99. The van der Waals surface area contributed by atoms with E-state index in [2.05, 4.69) is 28.8 Å². The number of methoxy groups -OCH3 is 1. The number of esters is 1. The molecule has 0 aliphatic heterocycles. The standard InChI is InChI=1S/C19H19NO2/c1-15(16-8-4-3-5-9-16)20-14-18-11-7-6-10-17(18)12-13-19(21)22-2/h3-15H,1-2H3/t15-/m1/s1. The molecule has 0 saturated heterocycles. The van der Waals surface area contributed by atoms with Crippen molar-refractivity contribution in [3.8, 4) is 0 Å². The highest BCUT2D eigenvalue weighted by Crippen LogP contribution is 2.16. The lowest BCUT2D eigenvalue weighted by atomic mass is 10.1. The lowest BCUT2D eigenvalue weighted by molar-refractivity contribution is -0.134. The molecule has 0 heterocycles. The van der Waals surface area contributed by atoms with Gasteiger partial charge < -0.3 is 4.74 Å². The maximum absolute atomic E-state index is 11.2. The van der Waals surface area contributed by atoms with E-state index in [4.69, 9.17) is 0 Å². The quantitative estimate of drug-likeness (QED) is 0.474. The van der Waals surface area contributed by atoms with Crippen LogP contribution in [0.2, 0.25) is 0 Å². The van der Waals surface area contributed by atoms with Crippen molar-refractivity contribution in [2.75, 3.05) is 7.11 Å². The lowest BCUT2D eigenvalue weighted by Crippen LogP contribution is -1.95. The first-order valence-electron chi connectivity index (χ1n) is 7.14. The third kappa shape index (κ3) is 4.42. The molecule has 112 valence electrons. The third-order valence-electron chi connectivity index (χ3n) is 3.32. The molecule has 0 aliphatic rings. The number of benzene rings is 2. The molecular formula is C19H19NO2. The molecular weight excluding hydrogens is 274 g/mol. The molecule has 0 amide bonds. The summed E-state index contributed by atoms with van der Waals surface area (Å²) >= 11 is 0. The normalized spacial score (nSPS) is 12.6. The molecule has 2 aromatic rings. The zero-order chi connectivity index (χ0) is 15.8. The van der Waals surface area contributed by atoms with Crippen LogP contribution in [-0.2, 0) is 9.53 Å². The van der Waals surface area contributed by atoms with Gasteiger partial charge in [0, 0.05) is 12.3 Å². The van der Waals surface area contributed by atoms with Crippen molar-refractivity contribution in [1.82, 2.24) is 0 Å². The minimum Gasteiger partial charge on any atom is -0.466 e. The van der Waals surface area contributed by atoms with Crippen LogP contribution in [0.25, 0.3) is 6.08 Å². The van der Waals surface area contributed by atoms with Crippen LogP contribution in [0, 0.1) is 0 Å². The number of ether oxygens (including phenoxy) is 1. The highest BCUT2D eigenvalue weighted by Gasteiger charge is 2.02. The Morgan fingerprint density at radius 2 is 1.68 bits per heavy atom. The molecule has 0 unspecified atom stereocenters. The smallest absolute Gasteiger partial charge is 0.330 e. The molecule has 22 heavy (non-hydrogen) atoms. The van der Waals surface area contributed by atoms with Gasteiger partial charge >= 0.3 is 5.97 Å². The molecule has 0 aromatic heterocycles. The number of rotatable bonds is 5. The van der Waals surface area contributed by atoms with Crippen molar-refractivity contribution in [2.24, 2.45) is 4.99 Å². The van der Waals surface area contributed by atoms with Crippen LogP contribution in [0.4, 0.5) is 0 Å². The van der Waals surface area contributed by atoms with E-state index in [9.17, 15) is 4.79 Å². The van der Waals surface area contributed by atoms with Gasteiger partial charge in [-0.15, -0.1) is 0 Å². The van der Waals surface area contributed by atoms with Crippen molar-refractivity contribution < 1.29 is 9.53 Å². The Morgan fingerprint density at radius 3 is 2.36 bits per heavy atom. The Hall–Kier alpha value is -2.68. The number of nitrogens with zero attached hydrogens (tertiary/aromatic N) is 1. The molecule has 0 aliphatic carbocycles. The summed E-state index contributed by atoms with van der Waals surface area (Å²) in [6, 6.07) is 18.0. The summed E-state index contributed by atoms with van der Waals surface area (Å²) in [5.74, 6) is -0.371. The van der Waals surface area contributed by atoms with E-state index in [0.717, 1.165) is 11.1 Å². The van der Waals surface area contributed by atoms with Gasteiger partial charge in [0.2, 0.25) is 0 Å². The van der Waals surface area contributed by atoms with E-state index in [-0.39, 0.29) is 12.0 Å². The highest BCUT2D eigenvalue weighted by atomic mass is 16.5. The summed E-state index contributed by atoms with van der Waals surface area (Å²) < 4.78 is 4.61. The largest absolute Gasteiger partial charge is 0.466 e. The predicted molar refractivity (Wildman–Crippen MR) is 89.9 cm³/mol. The zero-order valence-corrected chi connectivity index (χ0v) is 12.8. The minimum absolute atomic E-state index is 0.0823. The Balaban J connectivity index is 2.17. The average Bonchev–Trinajstić information content (AvgIpc) is 2.59. The molecule has 3 nitrogen and oxygen atoms in total. The number of carbonyl (C=O) groups excluding carboxylic acids is 1. The first-order chi connectivity index (χ1) is 10.7. The van der Waals surface area contributed by atoms with Crippen LogP contribution in [0.1, 0.15) is 29.7 Å². The monoisotopic (exact) mass is 293 g/mol. The summed E-state index contributed by atoms with van der Waals surface area (Å²) in [4.78, 5) is 15.8. The van der Waals surface area contributed by atoms with Crippen LogP contribution < -0.4 is 0 Å². The summed E-state index contributed by atoms with van der Waals surface area (Å²) in [6.45, 7) is 2.05. The van der Waals surface area contributed by atoms with Crippen molar-refractivity contribution >= 4 is 18.3 Å². The minimum atomic E-state index is -0.371.